The van der Waals surface area contributed by atoms with Crippen molar-refractivity contribution in [3.05, 3.63) is 58.1 Å². The molecule has 1 aliphatic heterocycles. The average molecular weight is 409 g/mol. The predicted octanol–water partition coefficient (Wildman–Crippen LogP) is 2.49. The number of halogens is 1. The molecule has 2 aromatic carbocycles. The molecule has 0 unspecified atom stereocenters. The van der Waals surface area contributed by atoms with Gasteiger partial charge in [-0.05, 0) is 54.9 Å². The molecule has 2 aromatic rings. The van der Waals surface area contributed by atoms with E-state index in [2.05, 4.69) is 20.7 Å². The molecule has 126 valence electrons. The second-order valence-corrected chi connectivity index (χ2v) is 8.40. The van der Waals surface area contributed by atoms with Crippen molar-refractivity contribution in [2.75, 3.05) is 18.5 Å². The fourth-order valence-electron chi connectivity index (χ4n) is 2.79. The van der Waals surface area contributed by atoms with E-state index in [-0.39, 0.29) is 10.8 Å². The van der Waals surface area contributed by atoms with Crippen LogP contribution in [0.15, 0.2) is 51.8 Å². The number of nitrogens with one attached hydrogen (secondary N) is 1. The van der Waals surface area contributed by atoms with E-state index in [0.717, 1.165) is 21.3 Å². The van der Waals surface area contributed by atoms with Gasteiger partial charge in [-0.3, -0.25) is 4.79 Å². The Morgan fingerprint density at radius 3 is 2.58 bits per heavy atom. The van der Waals surface area contributed by atoms with Crippen LogP contribution in [0, 0.1) is 0 Å². The van der Waals surface area contributed by atoms with Gasteiger partial charge in [0.05, 0.1) is 11.3 Å². The van der Waals surface area contributed by atoms with E-state index in [1.807, 2.05) is 24.3 Å². The molecule has 1 heterocycles. The van der Waals surface area contributed by atoms with Crippen LogP contribution in [0.2, 0.25) is 0 Å². The lowest BCUT2D eigenvalue weighted by Gasteiger charge is -2.17. The standard InChI is InChI=1S/C17H17BrN2O3S/c1-19-24(22,23)15-6-7-16-13(11-15)8-9-20(16)17(21)10-12-2-4-14(18)5-3-12/h2-7,11,19H,8-10H2,1H3. The summed E-state index contributed by atoms with van der Waals surface area (Å²) in [6.45, 7) is 0.577. The van der Waals surface area contributed by atoms with Crippen LogP contribution in [0.25, 0.3) is 0 Å². The van der Waals surface area contributed by atoms with Crippen LogP contribution in [0.1, 0.15) is 11.1 Å². The Hall–Kier alpha value is -1.70. The van der Waals surface area contributed by atoms with Crippen molar-refractivity contribution in [2.45, 2.75) is 17.7 Å². The zero-order chi connectivity index (χ0) is 17.3. The number of fused-ring (bicyclic) bond motifs is 1. The van der Waals surface area contributed by atoms with E-state index in [4.69, 9.17) is 0 Å². The first-order valence-corrected chi connectivity index (χ1v) is 9.79. The van der Waals surface area contributed by atoms with Crippen molar-refractivity contribution in [1.82, 2.24) is 4.72 Å². The molecule has 0 saturated heterocycles. The molecule has 0 aromatic heterocycles. The van der Waals surface area contributed by atoms with Crippen LogP contribution in [-0.4, -0.2) is 27.9 Å². The highest BCUT2D eigenvalue weighted by atomic mass is 79.9. The highest BCUT2D eigenvalue weighted by Crippen LogP contribution is 2.30. The predicted molar refractivity (Wildman–Crippen MR) is 96.6 cm³/mol. The average Bonchev–Trinajstić information content (AvgIpc) is 3.00. The van der Waals surface area contributed by atoms with Crippen molar-refractivity contribution < 1.29 is 13.2 Å². The van der Waals surface area contributed by atoms with Crippen LogP contribution in [0.3, 0.4) is 0 Å². The van der Waals surface area contributed by atoms with Crippen molar-refractivity contribution in [3.63, 3.8) is 0 Å². The van der Waals surface area contributed by atoms with Gasteiger partial charge in [-0.15, -0.1) is 0 Å². The number of benzene rings is 2. The molecule has 0 atom stereocenters. The van der Waals surface area contributed by atoms with Crippen molar-refractivity contribution in [1.29, 1.82) is 0 Å². The first kappa shape index (κ1) is 17.1. The minimum atomic E-state index is -3.47. The molecule has 1 amide bonds. The van der Waals surface area contributed by atoms with Gasteiger partial charge in [0.15, 0.2) is 0 Å². The Kier molecular flexibility index (Phi) is 4.76. The summed E-state index contributed by atoms with van der Waals surface area (Å²) in [7, 11) is -2.08. The highest BCUT2D eigenvalue weighted by Gasteiger charge is 2.26. The molecule has 1 aliphatic rings. The maximum absolute atomic E-state index is 12.6. The second kappa shape index (κ2) is 6.66. The lowest BCUT2D eigenvalue weighted by Crippen LogP contribution is -2.30. The first-order valence-electron chi connectivity index (χ1n) is 7.52. The Morgan fingerprint density at radius 2 is 1.92 bits per heavy atom. The fourth-order valence-corrected chi connectivity index (χ4v) is 3.84. The number of anilines is 1. The topological polar surface area (TPSA) is 66.5 Å². The Bertz CT molecular complexity index is 879. The number of carbonyl (C=O) groups excluding carboxylic acids is 1. The lowest BCUT2D eigenvalue weighted by atomic mass is 10.1. The molecule has 24 heavy (non-hydrogen) atoms. The molecule has 1 N–H and O–H groups in total. The largest absolute Gasteiger partial charge is 0.312 e. The summed E-state index contributed by atoms with van der Waals surface area (Å²) < 4.78 is 27.1. The van der Waals surface area contributed by atoms with Crippen LogP contribution in [0.5, 0.6) is 0 Å². The normalized spacial score (nSPS) is 13.8. The second-order valence-electron chi connectivity index (χ2n) is 5.60. The van der Waals surface area contributed by atoms with Gasteiger partial charge in [-0.1, -0.05) is 28.1 Å². The number of amides is 1. The van der Waals surface area contributed by atoms with Crippen LogP contribution in [-0.2, 0) is 27.7 Å². The Balaban J connectivity index is 1.81. The molecule has 5 nitrogen and oxygen atoms in total. The van der Waals surface area contributed by atoms with Gasteiger partial charge in [-0.25, -0.2) is 13.1 Å². The van der Waals surface area contributed by atoms with Crippen LogP contribution >= 0.6 is 15.9 Å². The van der Waals surface area contributed by atoms with Gasteiger partial charge in [0.1, 0.15) is 0 Å². The van der Waals surface area contributed by atoms with E-state index >= 15 is 0 Å². The van der Waals surface area contributed by atoms with Crippen molar-refractivity contribution >= 4 is 37.5 Å². The van der Waals surface area contributed by atoms with Gasteiger partial charge in [-0.2, -0.15) is 0 Å². The minimum absolute atomic E-state index is 0.0142. The molecular formula is C17H17BrN2O3S. The van der Waals surface area contributed by atoms with Gasteiger partial charge < -0.3 is 4.90 Å². The molecule has 0 spiro atoms. The molecule has 7 heteroatoms. The Morgan fingerprint density at radius 1 is 1.21 bits per heavy atom. The highest BCUT2D eigenvalue weighted by molar-refractivity contribution is 9.10. The van der Waals surface area contributed by atoms with Gasteiger partial charge >= 0.3 is 0 Å². The third kappa shape index (κ3) is 3.38. The maximum Gasteiger partial charge on any atom is 0.240 e. The number of rotatable bonds is 4. The van der Waals surface area contributed by atoms with Crippen LogP contribution < -0.4 is 9.62 Å². The Labute approximate surface area is 149 Å². The fraction of sp³-hybridized carbons (Fsp3) is 0.235. The summed E-state index contributed by atoms with van der Waals surface area (Å²) in [5, 5.41) is 0. The third-order valence-electron chi connectivity index (χ3n) is 4.10. The quantitative estimate of drug-likeness (QED) is 0.844. The molecule has 0 fully saturated rings. The number of nitrogens with zero attached hydrogens (tertiary/aromatic N) is 1. The summed E-state index contributed by atoms with van der Waals surface area (Å²) in [6.07, 6.45) is 0.984. The minimum Gasteiger partial charge on any atom is -0.312 e. The third-order valence-corrected chi connectivity index (χ3v) is 6.04. The van der Waals surface area contributed by atoms with E-state index in [9.17, 15) is 13.2 Å². The van der Waals surface area contributed by atoms with E-state index in [1.54, 1.807) is 17.0 Å². The molecule has 0 aliphatic carbocycles. The van der Waals surface area contributed by atoms with Gasteiger partial charge in [0.2, 0.25) is 15.9 Å². The summed E-state index contributed by atoms with van der Waals surface area (Å²) in [5.41, 5.74) is 2.63. The molecule has 0 radical (unpaired) electrons. The van der Waals surface area contributed by atoms with E-state index in [0.29, 0.717) is 19.4 Å². The zero-order valence-electron chi connectivity index (χ0n) is 13.1. The monoisotopic (exact) mass is 408 g/mol. The first-order chi connectivity index (χ1) is 11.4. The van der Waals surface area contributed by atoms with Crippen molar-refractivity contribution in [3.8, 4) is 0 Å². The number of hydrogen-bond acceptors (Lipinski definition) is 3. The smallest absolute Gasteiger partial charge is 0.240 e. The maximum atomic E-state index is 12.6. The lowest BCUT2D eigenvalue weighted by molar-refractivity contribution is -0.117. The number of carbonyl (C=O) groups is 1. The SMILES string of the molecule is CNS(=O)(=O)c1ccc2c(c1)CCN2C(=O)Cc1ccc(Br)cc1. The van der Waals surface area contributed by atoms with Gasteiger partial charge in [0, 0.05) is 16.7 Å². The van der Waals surface area contributed by atoms with Crippen molar-refractivity contribution in [2.24, 2.45) is 0 Å². The zero-order valence-corrected chi connectivity index (χ0v) is 15.5. The molecule has 0 bridgehead atoms. The number of sulfonamides is 1. The summed E-state index contributed by atoms with van der Waals surface area (Å²) >= 11 is 3.38. The molecular weight excluding hydrogens is 392 g/mol. The number of hydrogen-bond donors (Lipinski definition) is 1. The molecule has 3 rings (SSSR count). The van der Waals surface area contributed by atoms with Crippen LogP contribution in [0.4, 0.5) is 5.69 Å². The summed E-state index contributed by atoms with van der Waals surface area (Å²) in [5.74, 6) is 0.0142. The van der Waals surface area contributed by atoms with E-state index < -0.39 is 10.0 Å². The van der Waals surface area contributed by atoms with E-state index in [1.165, 1.54) is 13.1 Å². The summed E-state index contributed by atoms with van der Waals surface area (Å²) in [6, 6.07) is 12.6. The summed E-state index contributed by atoms with van der Waals surface area (Å²) in [4.78, 5) is 14.5. The van der Waals surface area contributed by atoms with Gasteiger partial charge in [0.25, 0.3) is 0 Å². The molecule has 0 saturated carbocycles.